The lowest BCUT2D eigenvalue weighted by molar-refractivity contribution is 0.0752. The van der Waals surface area contributed by atoms with Gasteiger partial charge in [0, 0.05) is 36.6 Å². The van der Waals surface area contributed by atoms with E-state index in [1.165, 1.54) is 12.3 Å². The summed E-state index contributed by atoms with van der Waals surface area (Å²) in [7, 11) is 0. The van der Waals surface area contributed by atoms with Gasteiger partial charge in [-0.25, -0.2) is 13.8 Å². The summed E-state index contributed by atoms with van der Waals surface area (Å²) >= 11 is 0. The number of amides is 1. The van der Waals surface area contributed by atoms with Crippen LogP contribution >= 0.6 is 0 Å². The number of anilines is 2. The van der Waals surface area contributed by atoms with Gasteiger partial charge >= 0.3 is 0 Å². The van der Waals surface area contributed by atoms with Crippen LogP contribution in [0.1, 0.15) is 22.8 Å². The van der Waals surface area contributed by atoms with Gasteiger partial charge in [0.2, 0.25) is 0 Å². The third-order valence-electron chi connectivity index (χ3n) is 4.08. The minimum atomic E-state index is -0.952. The number of nitrogens with zero attached hydrogens (tertiary/aromatic N) is 2. The topological polar surface area (TPSA) is 45.2 Å². The van der Waals surface area contributed by atoms with E-state index in [0.29, 0.717) is 30.2 Å². The highest BCUT2D eigenvalue weighted by atomic mass is 19.2. The summed E-state index contributed by atoms with van der Waals surface area (Å²) in [5, 5.41) is 2.89. The fourth-order valence-electron chi connectivity index (χ4n) is 2.67. The van der Waals surface area contributed by atoms with Crippen molar-refractivity contribution in [3.05, 3.63) is 89.6 Å². The van der Waals surface area contributed by atoms with Crippen LogP contribution in [0.3, 0.4) is 0 Å². The van der Waals surface area contributed by atoms with Crippen LogP contribution in [0.15, 0.2) is 66.9 Å². The van der Waals surface area contributed by atoms with Gasteiger partial charge in [0.1, 0.15) is 5.82 Å². The van der Waals surface area contributed by atoms with Gasteiger partial charge in [0.25, 0.3) is 5.91 Å². The van der Waals surface area contributed by atoms with Crippen LogP contribution in [0.25, 0.3) is 0 Å². The lowest BCUT2D eigenvalue weighted by Gasteiger charge is -2.21. The van der Waals surface area contributed by atoms with Crippen molar-refractivity contribution in [1.29, 1.82) is 0 Å². The van der Waals surface area contributed by atoms with Gasteiger partial charge in [0.05, 0.1) is 0 Å². The smallest absolute Gasteiger partial charge is 0.254 e. The van der Waals surface area contributed by atoms with E-state index in [9.17, 15) is 13.6 Å². The zero-order valence-corrected chi connectivity index (χ0v) is 14.8. The highest BCUT2D eigenvalue weighted by molar-refractivity contribution is 5.95. The summed E-state index contributed by atoms with van der Waals surface area (Å²) in [6.07, 6.45) is 1.51. The molecule has 1 aromatic heterocycles. The molecule has 0 aliphatic heterocycles. The van der Waals surface area contributed by atoms with Crippen LogP contribution in [0.5, 0.6) is 0 Å². The van der Waals surface area contributed by atoms with Crippen LogP contribution in [0, 0.1) is 11.6 Å². The number of hydrogen-bond donors (Lipinski definition) is 1. The Morgan fingerprint density at radius 3 is 2.52 bits per heavy atom. The Morgan fingerprint density at radius 1 is 1.04 bits per heavy atom. The Bertz CT molecular complexity index is 932. The molecule has 0 unspecified atom stereocenters. The molecule has 0 spiro atoms. The number of carbonyl (C=O) groups excluding carboxylic acids is 1. The van der Waals surface area contributed by atoms with Crippen LogP contribution in [-0.4, -0.2) is 22.3 Å². The lowest BCUT2D eigenvalue weighted by atomic mass is 10.1. The average Bonchev–Trinajstić information content (AvgIpc) is 2.69. The molecule has 0 saturated carbocycles. The van der Waals surface area contributed by atoms with E-state index < -0.39 is 11.6 Å². The minimum Gasteiger partial charge on any atom is -0.340 e. The molecule has 0 radical (unpaired) electrons. The van der Waals surface area contributed by atoms with Crippen molar-refractivity contribution in [3.8, 4) is 0 Å². The molecule has 0 saturated heterocycles. The summed E-state index contributed by atoms with van der Waals surface area (Å²) in [6, 6.07) is 16.4. The van der Waals surface area contributed by atoms with E-state index >= 15 is 0 Å². The minimum absolute atomic E-state index is 0.128. The molecule has 138 valence electrons. The van der Waals surface area contributed by atoms with Crippen molar-refractivity contribution in [2.75, 3.05) is 11.9 Å². The monoisotopic (exact) mass is 367 g/mol. The Balaban J connectivity index is 1.76. The van der Waals surface area contributed by atoms with Gasteiger partial charge < -0.3 is 10.2 Å². The molecule has 6 heteroatoms. The third kappa shape index (κ3) is 4.67. The van der Waals surface area contributed by atoms with E-state index in [4.69, 9.17) is 0 Å². The second-order valence-electron chi connectivity index (χ2n) is 5.99. The van der Waals surface area contributed by atoms with Gasteiger partial charge in [-0.1, -0.05) is 30.3 Å². The molecule has 2 aromatic carbocycles. The van der Waals surface area contributed by atoms with Crippen molar-refractivity contribution < 1.29 is 13.6 Å². The van der Waals surface area contributed by atoms with Crippen molar-refractivity contribution in [2.24, 2.45) is 0 Å². The first-order chi connectivity index (χ1) is 13.1. The Kier molecular flexibility index (Phi) is 5.76. The fraction of sp³-hybridized carbons (Fsp3) is 0.143. The summed E-state index contributed by atoms with van der Waals surface area (Å²) in [6.45, 7) is 2.98. The SMILES string of the molecule is CCN(Cc1ccccc1)C(=O)c1ccnc(Nc2ccc(F)c(F)c2)c1. The number of aromatic nitrogens is 1. The second-order valence-corrected chi connectivity index (χ2v) is 5.99. The van der Waals surface area contributed by atoms with Gasteiger partial charge in [-0.3, -0.25) is 4.79 Å². The van der Waals surface area contributed by atoms with Crippen LogP contribution < -0.4 is 5.32 Å². The molecular weight excluding hydrogens is 348 g/mol. The van der Waals surface area contributed by atoms with Gasteiger partial charge in [-0.2, -0.15) is 0 Å². The standard InChI is InChI=1S/C21H19F2N3O/c1-2-26(14-15-6-4-3-5-7-15)21(27)16-10-11-24-20(12-16)25-17-8-9-18(22)19(23)13-17/h3-13H,2,14H2,1H3,(H,24,25). The Hall–Kier alpha value is -3.28. The second kappa shape index (κ2) is 8.40. The number of carbonyl (C=O) groups is 1. The Labute approximate surface area is 156 Å². The highest BCUT2D eigenvalue weighted by Crippen LogP contribution is 2.19. The molecule has 3 aromatic rings. The average molecular weight is 367 g/mol. The van der Waals surface area contributed by atoms with Gasteiger partial charge in [0.15, 0.2) is 11.6 Å². The number of halogens is 2. The molecule has 0 bridgehead atoms. The zero-order valence-electron chi connectivity index (χ0n) is 14.8. The summed E-state index contributed by atoms with van der Waals surface area (Å²) < 4.78 is 26.4. The van der Waals surface area contributed by atoms with Crippen molar-refractivity contribution >= 4 is 17.4 Å². The number of hydrogen-bond acceptors (Lipinski definition) is 3. The highest BCUT2D eigenvalue weighted by Gasteiger charge is 2.15. The third-order valence-corrected chi connectivity index (χ3v) is 4.08. The van der Waals surface area contributed by atoms with E-state index in [1.807, 2.05) is 37.3 Å². The molecule has 0 aliphatic rings. The molecule has 27 heavy (non-hydrogen) atoms. The fourth-order valence-corrected chi connectivity index (χ4v) is 2.67. The van der Waals surface area contributed by atoms with E-state index in [1.54, 1.807) is 17.0 Å². The van der Waals surface area contributed by atoms with E-state index in [0.717, 1.165) is 17.7 Å². The molecular formula is C21H19F2N3O. The summed E-state index contributed by atoms with van der Waals surface area (Å²) in [5.41, 5.74) is 1.86. The van der Waals surface area contributed by atoms with Crippen molar-refractivity contribution in [1.82, 2.24) is 9.88 Å². The predicted molar refractivity (Wildman–Crippen MR) is 101 cm³/mol. The van der Waals surface area contributed by atoms with Crippen LogP contribution in [-0.2, 0) is 6.54 Å². The molecule has 0 atom stereocenters. The number of pyridine rings is 1. The quantitative estimate of drug-likeness (QED) is 0.683. The molecule has 1 heterocycles. The predicted octanol–water partition coefficient (Wildman–Crippen LogP) is 4.77. The number of rotatable bonds is 6. The zero-order chi connectivity index (χ0) is 19.2. The maximum absolute atomic E-state index is 13.4. The largest absolute Gasteiger partial charge is 0.340 e. The van der Waals surface area contributed by atoms with E-state index in [-0.39, 0.29) is 5.91 Å². The first kappa shape index (κ1) is 18.5. The normalized spacial score (nSPS) is 10.5. The maximum atomic E-state index is 13.4. The molecule has 1 amide bonds. The first-order valence-corrected chi connectivity index (χ1v) is 8.58. The lowest BCUT2D eigenvalue weighted by Crippen LogP contribution is -2.30. The van der Waals surface area contributed by atoms with Crippen LogP contribution in [0.2, 0.25) is 0 Å². The summed E-state index contributed by atoms with van der Waals surface area (Å²) in [5.74, 6) is -1.62. The van der Waals surface area contributed by atoms with Crippen LogP contribution in [0.4, 0.5) is 20.3 Å². The molecule has 3 rings (SSSR count). The molecule has 4 nitrogen and oxygen atoms in total. The molecule has 1 N–H and O–H groups in total. The number of nitrogens with one attached hydrogen (secondary N) is 1. The summed E-state index contributed by atoms with van der Waals surface area (Å²) in [4.78, 5) is 18.7. The van der Waals surface area contributed by atoms with Gasteiger partial charge in [-0.15, -0.1) is 0 Å². The Morgan fingerprint density at radius 2 is 1.81 bits per heavy atom. The van der Waals surface area contributed by atoms with Crippen molar-refractivity contribution in [3.63, 3.8) is 0 Å². The van der Waals surface area contributed by atoms with E-state index in [2.05, 4.69) is 10.3 Å². The number of benzene rings is 2. The maximum Gasteiger partial charge on any atom is 0.254 e. The molecule has 0 fully saturated rings. The first-order valence-electron chi connectivity index (χ1n) is 8.58. The van der Waals surface area contributed by atoms with Gasteiger partial charge in [-0.05, 0) is 36.8 Å². The molecule has 0 aliphatic carbocycles. The van der Waals surface area contributed by atoms with Crippen molar-refractivity contribution in [2.45, 2.75) is 13.5 Å².